The zero-order valence-electron chi connectivity index (χ0n) is 10.3. The van der Waals surface area contributed by atoms with Crippen molar-refractivity contribution in [2.75, 3.05) is 12.4 Å². The summed E-state index contributed by atoms with van der Waals surface area (Å²) >= 11 is 0. The molecule has 0 atom stereocenters. The molecule has 2 rings (SSSR count). The lowest BCUT2D eigenvalue weighted by Crippen LogP contribution is -2.01. The van der Waals surface area contributed by atoms with Gasteiger partial charge in [-0.2, -0.15) is 0 Å². The molecule has 2 aromatic rings. The van der Waals surface area contributed by atoms with E-state index in [9.17, 15) is 5.11 Å². The van der Waals surface area contributed by atoms with Gasteiger partial charge in [-0.1, -0.05) is 0 Å². The number of hydrogen-bond donors (Lipinski definition) is 2. The third kappa shape index (κ3) is 2.99. The summed E-state index contributed by atoms with van der Waals surface area (Å²) < 4.78 is 5.16. The van der Waals surface area contributed by atoms with E-state index in [2.05, 4.69) is 10.3 Å². The Bertz CT molecular complexity index is 500. The first kappa shape index (κ1) is 12.4. The number of aromatic nitrogens is 1. The molecule has 0 saturated carbocycles. The van der Waals surface area contributed by atoms with Crippen molar-refractivity contribution in [3.8, 4) is 5.75 Å². The molecule has 0 fully saturated rings. The molecule has 0 saturated heterocycles. The van der Waals surface area contributed by atoms with Crippen LogP contribution < -0.4 is 10.1 Å². The molecule has 1 aromatic heterocycles. The number of anilines is 1. The largest absolute Gasteiger partial charge is 0.496 e. The van der Waals surface area contributed by atoms with Gasteiger partial charge in [0.15, 0.2) is 0 Å². The van der Waals surface area contributed by atoms with Crippen LogP contribution in [0.4, 0.5) is 5.69 Å². The topological polar surface area (TPSA) is 54.4 Å². The third-order valence-corrected chi connectivity index (χ3v) is 2.70. The molecule has 0 aliphatic carbocycles. The predicted octanol–water partition coefficient (Wildman–Crippen LogP) is 2.19. The van der Waals surface area contributed by atoms with Gasteiger partial charge in [-0.15, -0.1) is 0 Å². The van der Waals surface area contributed by atoms with E-state index in [0.717, 1.165) is 23.4 Å². The molecule has 1 heterocycles. The van der Waals surface area contributed by atoms with Crippen LogP contribution in [-0.4, -0.2) is 17.2 Å². The minimum Gasteiger partial charge on any atom is -0.496 e. The van der Waals surface area contributed by atoms with Crippen LogP contribution in [0.3, 0.4) is 0 Å². The van der Waals surface area contributed by atoms with Crippen LogP contribution in [0.5, 0.6) is 5.75 Å². The lowest BCUT2D eigenvalue weighted by Gasteiger charge is -2.10. The van der Waals surface area contributed by atoms with Crippen LogP contribution in [0.15, 0.2) is 42.7 Å². The second kappa shape index (κ2) is 6.02. The molecule has 18 heavy (non-hydrogen) atoms. The van der Waals surface area contributed by atoms with Crippen LogP contribution in [0, 0.1) is 0 Å². The summed E-state index contributed by atoms with van der Waals surface area (Å²) in [5.41, 5.74) is 2.89. The van der Waals surface area contributed by atoms with Crippen molar-refractivity contribution in [1.29, 1.82) is 0 Å². The van der Waals surface area contributed by atoms with Crippen LogP contribution >= 0.6 is 0 Å². The van der Waals surface area contributed by atoms with Gasteiger partial charge in [0.1, 0.15) is 5.75 Å². The summed E-state index contributed by atoms with van der Waals surface area (Å²) in [5, 5.41) is 12.5. The fraction of sp³-hybridized carbons (Fsp3) is 0.214. The van der Waals surface area contributed by atoms with Crippen molar-refractivity contribution >= 4 is 5.69 Å². The molecule has 1 aromatic carbocycles. The fourth-order valence-electron chi connectivity index (χ4n) is 1.72. The second-order valence-electron chi connectivity index (χ2n) is 3.89. The van der Waals surface area contributed by atoms with Crippen LogP contribution in [-0.2, 0) is 13.2 Å². The molecule has 4 heteroatoms. The minimum absolute atomic E-state index is 0.0338. The van der Waals surface area contributed by atoms with Crippen molar-refractivity contribution in [3.63, 3.8) is 0 Å². The van der Waals surface area contributed by atoms with Crippen LogP contribution in [0.25, 0.3) is 0 Å². The Kier molecular flexibility index (Phi) is 4.15. The molecule has 94 valence electrons. The molecular weight excluding hydrogens is 228 g/mol. The highest BCUT2D eigenvalue weighted by Crippen LogP contribution is 2.22. The molecule has 4 nitrogen and oxygen atoms in total. The van der Waals surface area contributed by atoms with Crippen molar-refractivity contribution in [2.24, 2.45) is 0 Å². The Balaban J connectivity index is 2.06. The van der Waals surface area contributed by atoms with Crippen LogP contribution in [0.1, 0.15) is 11.1 Å². The van der Waals surface area contributed by atoms with Gasteiger partial charge in [0.2, 0.25) is 0 Å². The first-order chi connectivity index (χ1) is 8.83. The number of rotatable bonds is 5. The third-order valence-electron chi connectivity index (χ3n) is 2.70. The predicted molar refractivity (Wildman–Crippen MR) is 70.5 cm³/mol. The van der Waals surface area contributed by atoms with E-state index in [1.165, 1.54) is 0 Å². The van der Waals surface area contributed by atoms with Crippen molar-refractivity contribution in [3.05, 3.63) is 53.9 Å². The summed E-state index contributed by atoms with van der Waals surface area (Å²) in [6.45, 7) is 0.688. The zero-order valence-corrected chi connectivity index (χ0v) is 10.3. The van der Waals surface area contributed by atoms with Gasteiger partial charge in [0.05, 0.1) is 13.7 Å². The van der Waals surface area contributed by atoms with Gasteiger partial charge < -0.3 is 15.2 Å². The average molecular weight is 244 g/mol. The smallest absolute Gasteiger partial charge is 0.124 e. The minimum atomic E-state index is -0.0338. The van der Waals surface area contributed by atoms with Gasteiger partial charge >= 0.3 is 0 Å². The van der Waals surface area contributed by atoms with Gasteiger partial charge in [0.25, 0.3) is 0 Å². The number of aliphatic hydroxyl groups excluding tert-OH is 1. The summed E-state index contributed by atoms with van der Waals surface area (Å²) in [6, 6.07) is 9.59. The standard InChI is InChI=1S/C14H16N2O2/c1-18-14-3-2-13(8-12(14)10-17)16-9-11-4-6-15-7-5-11/h2-8,16-17H,9-10H2,1H3. The maximum absolute atomic E-state index is 9.24. The molecule has 0 spiro atoms. The van der Waals surface area contributed by atoms with E-state index in [0.29, 0.717) is 5.75 Å². The van der Waals surface area contributed by atoms with E-state index in [1.54, 1.807) is 19.5 Å². The first-order valence-electron chi connectivity index (χ1n) is 5.74. The SMILES string of the molecule is COc1ccc(NCc2ccncc2)cc1CO. The number of methoxy groups -OCH3 is 1. The van der Waals surface area contributed by atoms with E-state index in [1.807, 2.05) is 30.3 Å². The fourth-order valence-corrected chi connectivity index (χ4v) is 1.72. The van der Waals surface area contributed by atoms with Crippen LogP contribution in [0.2, 0.25) is 0 Å². The highest BCUT2D eigenvalue weighted by atomic mass is 16.5. The number of nitrogens with one attached hydrogen (secondary N) is 1. The molecular formula is C14H16N2O2. The number of pyridine rings is 1. The maximum atomic E-state index is 9.24. The van der Waals surface area contributed by atoms with Gasteiger partial charge in [-0.3, -0.25) is 4.98 Å². The number of aliphatic hydroxyl groups is 1. The molecule has 0 aliphatic heterocycles. The Morgan fingerprint density at radius 1 is 1.22 bits per heavy atom. The van der Waals surface area contributed by atoms with Crippen molar-refractivity contribution in [1.82, 2.24) is 4.98 Å². The molecule has 0 unspecified atom stereocenters. The Labute approximate surface area is 106 Å². The number of nitrogens with zero attached hydrogens (tertiary/aromatic N) is 1. The Morgan fingerprint density at radius 2 is 2.00 bits per heavy atom. The number of hydrogen-bond acceptors (Lipinski definition) is 4. The summed E-state index contributed by atoms with van der Waals surface area (Å²) in [5.74, 6) is 0.701. The quantitative estimate of drug-likeness (QED) is 0.846. The summed E-state index contributed by atoms with van der Waals surface area (Å²) in [4.78, 5) is 3.97. The number of ether oxygens (including phenoxy) is 1. The normalized spacial score (nSPS) is 10.1. The molecule has 0 aliphatic rings. The highest BCUT2D eigenvalue weighted by molar-refractivity contribution is 5.51. The van der Waals surface area contributed by atoms with Crippen molar-refractivity contribution in [2.45, 2.75) is 13.2 Å². The maximum Gasteiger partial charge on any atom is 0.124 e. The Morgan fingerprint density at radius 3 is 2.67 bits per heavy atom. The summed E-state index contributed by atoms with van der Waals surface area (Å²) in [6.07, 6.45) is 3.54. The number of benzene rings is 1. The zero-order chi connectivity index (χ0) is 12.8. The second-order valence-corrected chi connectivity index (χ2v) is 3.89. The summed E-state index contributed by atoms with van der Waals surface area (Å²) in [7, 11) is 1.60. The molecule has 0 radical (unpaired) electrons. The van der Waals surface area contributed by atoms with E-state index >= 15 is 0 Å². The molecule has 2 N–H and O–H groups in total. The van der Waals surface area contributed by atoms with E-state index < -0.39 is 0 Å². The van der Waals surface area contributed by atoms with Crippen molar-refractivity contribution < 1.29 is 9.84 Å². The van der Waals surface area contributed by atoms with Gasteiger partial charge in [0, 0.05) is 30.2 Å². The lowest BCUT2D eigenvalue weighted by molar-refractivity contribution is 0.274. The lowest BCUT2D eigenvalue weighted by atomic mass is 10.2. The molecule has 0 bridgehead atoms. The van der Waals surface area contributed by atoms with Gasteiger partial charge in [-0.05, 0) is 35.9 Å². The molecule has 0 amide bonds. The van der Waals surface area contributed by atoms with E-state index in [-0.39, 0.29) is 6.61 Å². The van der Waals surface area contributed by atoms with Gasteiger partial charge in [-0.25, -0.2) is 0 Å². The monoisotopic (exact) mass is 244 g/mol. The Hall–Kier alpha value is -2.07. The highest BCUT2D eigenvalue weighted by Gasteiger charge is 2.03. The van der Waals surface area contributed by atoms with E-state index in [4.69, 9.17) is 4.74 Å². The first-order valence-corrected chi connectivity index (χ1v) is 5.74. The average Bonchev–Trinajstić information content (AvgIpc) is 2.45.